The molecule has 2 rings (SSSR count). The summed E-state index contributed by atoms with van der Waals surface area (Å²) in [5.41, 5.74) is -0.431. The number of ether oxygens (including phenoxy) is 2. The summed E-state index contributed by atoms with van der Waals surface area (Å²) in [7, 11) is 0. The van der Waals surface area contributed by atoms with Crippen LogP contribution in [-0.4, -0.2) is 28.8 Å². The first-order valence-electron chi connectivity index (χ1n) is 6.33. The van der Waals surface area contributed by atoms with Crippen molar-refractivity contribution in [3.05, 3.63) is 23.2 Å². The van der Waals surface area contributed by atoms with Crippen molar-refractivity contribution in [1.29, 1.82) is 0 Å². The molecular formula is C14H17NO4S. The Bertz CT molecular complexity index is 648. The van der Waals surface area contributed by atoms with Crippen LogP contribution >= 0.6 is 11.3 Å². The number of fused-ring (bicyclic) bond motifs is 1. The number of hydrogen-bond acceptors (Lipinski definition) is 5. The van der Waals surface area contributed by atoms with Crippen LogP contribution in [0.15, 0.2) is 17.5 Å². The van der Waals surface area contributed by atoms with Crippen LogP contribution in [0, 0.1) is 0 Å². The van der Waals surface area contributed by atoms with Crippen LogP contribution in [0.25, 0.3) is 10.2 Å². The lowest BCUT2D eigenvalue weighted by Gasteiger charge is -2.20. The van der Waals surface area contributed by atoms with E-state index in [1.165, 1.54) is 15.9 Å². The lowest BCUT2D eigenvalue weighted by Crippen LogP contribution is -2.28. The first-order valence-corrected chi connectivity index (χ1v) is 7.21. The summed E-state index contributed by atoms with van der Waals surface area (Å²) in [6.07, 6.45) is -0.571. The fourth-order valence-corrected chi connectivity index (χ4v) is 2.65. The van der Waals surface area contributed by atoms with Gasteiger partial charge in [0.05, 0.1) is 6.61 Å². The fourth-order valence-electron chi connectivity index (χ4n) is 1.77. The van der Waals surface area contributed by atoms with Gasteiger partial charge in [-0.2, -0.15) is 0 Å². The Morgan fingerprint density at radius 2 is 2.05 bits per heavy atom. The summed E-state index contributed by atoms with van der Waals surface area (Å²) in [5.74, 6) is -0.526. The summed E-state index contributed by atoms with van der Waals surface area (Å²) in [6.45, 7) is 7.32. The van der Waals surface area contributed by atoms with E-state index in [0.717, 1.165) is 5.39 Å². The molecule has 2 heterocycles. The van der Waals surface area contributed by atoms with Crippen molar-refractivity contribution in [2.24, 2.45) is 0 Å². The number of hydrogen-bond donors (Lipinski definition) is 0. The number of carbonyl (C=O) groups is 2. The fraction of sp³-hybridized carbons (Fsp3) is 0.429. The van der Waals surface area contributed by atoms with Crippen LogP contribution in [0.2, 0.25) is 0 Å². The Labute approximate surface area is 121 Å². The first kappa shape index (κ1) is 14.6. The minimum Gasteiger partial charge on any atom is -0.461 e. The van der Waals surface area contributed by atoms with Gasteiger partial charge in [0.2, 0.25) is 0 Å². The molecule has 0 unspecified atom stereocenters. The topological polar surface area (TPSA) is 57.5 Å². The van der Waals surface area contributed by atoms with Crippen molar-refractivity contribution in [3.63, 3.8) is 0 Å². The Hall–Kier alpha value is -1.82. The molecule has 0 bridgehead atoms. The summed E-state index contributed by atoms with van der Waals surface area (Å²) in [6, 6.07) is 3.50. The van der Waals surface area contributed by atoms with Crippen molar-refractivity contribution in [2.45, 2.75) is 33.3 Å². The minimum absolute atomic E-state index is 0.197. The Morgan fingerprint density at radius 3 is 2.65 bits per heavy atom. The molecule has 2 aromatic rings. The molecule has 0 radical (unpaired) electrons. The summed E-state index contributed by atoms with van der Waals surface area (Å²) >= 11 is 1.38. The van der Waals surface area contributed by atoms with Gasteiger partial charge in [0.25, 0.3) is 0 Å². The van der Waals surface area contributed by atoms with Crippen LogP contribution in [0.3, 0.4) is 0 Å². The molecule has 108 valence electrons. The lowest BCUT2D eigenvalue weighted by atomic mass is 10.2. The van der Waals surface area contributed by atoms with E-state index < -0.39 is 17.7 Å². The third kappa shape index (κ3) is 2.85. The van der Waals surface area contributed by atoms with Gasteiger partial charge in [-0.1, -0.05) is 0 Å². The van der Waals surface area contributed by atoms with E-state index >= 15 is 0 Å². The zero-order valence-electron chi connectivity index (χ0n) is 11.9. The number of rotatable bonds is 2. The molecular weight excluding hydrogens is 278 g/mol. The predicted molar refractivity (Wildman–Crippen MR) is 77.4 cm³/mol. The number of nitrogens with zero attached hydrogens (tertiary/aromatic N) is 1. The molecule has 5 nitrogen and oxygen atoms in total. The van der Waals surface area contributed by atoms with Gasteiger partial charge in [0, 0.05) is 5.39 Å². The van der Waals surface area contributed by atoms with Gasteiger partial charge in [0.15, 0.2) is 0 Å². The monoisotopic (exact) mass is 295 g/mol. The second-order valence-corrected chi connectivity index (χ2v) is 6.14. The highest BCUT2D eigenvalue weighted by Crippen LogP contribution is 2.27. The van der Waals surface area contributed by atoms with Crippen molar-refractivity contribution in [3.8, 4) is 0 Å². The Balaban J connectivity index is 2.48. The third-order valence-electron chi connectivity index (χ3n) is 2.47. The molecule has 0 fully saturated rings. The van der Waals surface area contributed by atoms with Gasteiger partial charge in [-0.25, -0.2) is 14.2 Å². The van der Waals surface area contributed by atoms with E-state index in [4.69, 9.17) is 9.47 Å². The summed E-state index contributed by atoms with van der Waals surface area (Å²) in [4.78, 5) is 24.9. The molecule has 6 heteroatoms. The number of esters is 1. The first-order chi connectivity index (χ1) is 9.33. The molecule has 0 aliphatic rings. The standard InChI is InChI=1S/C14H17NO4S/c1-5-18-12(16)10-8-9-6-7-20-11(9)15(10)13(17)19-14(2,3)4/h6-8H,5H2,1-4H3. The maximum atomic E-state index is 12.3. The second kappa shape index (κ2) is 5.28. The normalized spacial score (nSPS) is 11.6. The predicted octanol–water partition coefficient (Wildman–Crippen LogP) is 3.66. The minimum atomic E-state index is -0.628. The molecule has 0 atom stereocenters. The Kier molecular flexibility index (Phi) is 3.85. The highest BCUT2D eigenvalue weighted by molar-refractivity contribution is 7.17. The van der Waals surface area contributed by atoms with E-state index in [1.54, 1.807) is 33.8 Å². The molecule has 0 spiro atoms. The van der Waals surface area contributed by atoms with Crippen molar-refractivity contribution >= 4 is 33.6 Å². The van der Waals surface area contributed by atoms with Crippen molar-refractivity contribution < 1.29 is 19.1 Å². The van der Waals surface area contributed by atoms with E-state index in [0.29, 0.717) is 4.83 Å². The summed E-state index contributed by atoms with van der Waals surface area (Å²) in [5, 5.41) is 2.68. The molecule has 0 aliphatic carbocycles. The average Bonchev–Trinajstić information content (AvgIpc) is 2.84. The quantitative estimate of drug-likeness (QED) is 0.793. The zero-order chi connectivity index (χ0) is 14.9. The van der Waals surface area contributed by atoms with Crippen LogP contribution < -0.4 is 0 Å². The van der Waals surface area contributed by atoms with Crippen molar-refractivity contribution in [1.82, 2.24) is 4.57 Å². The van der Waals surface area contributed by atoms with Gasteiger partial charge in [-0.05, 0) is 45.2 Å². The van der Waals surface area contributed by atoms with Gasteiger partial charge in [-0.15, -0.1) is 11.3 Å². The zero-order valence-corrected chi connectivity index (χ0v) is 12.7. The van der Waals surface area contributed by atoms with E-state index in [-0.39, 0.29) is 12.3 Å². The molecule has 0 aliphatic heterocycles. The molecule has 0 aromatic carbocycles. The average molecular weight is 295 g/mol. The smallest absolute Gasteiger partial charge is 0.420 e. The largest absolute Gasteiger partial charge is 0.461 e. The summed E-state index contributed by atoms with van der Waals surface area (Å²) < 4.78 is 11.6. The molecule has 20 heavy (non-hydrogen) atoms. The molecule has 0 saturated heterocycles. The van der Waals surface area contributed by atoms with E-state index in [1.807, 2.05) is 11.4 Å². The van der Waals surface area contributed by atoms with Gasteiger partial charge < -0.3 is 9.47 Å². The highest BCUT2D eigenvalue weighted by atomic mass is 32.1. The highest BCUT2D eigenvalue weighted by Gasteiger charge is 2.26. The number of carbonyl (C=O) groups excluding carboxylic acids is 2. The molecule has 0 saturated carbocycles. The van der Waals surface area contributed by atoms with Gasteiger partial charge in [-0.3, -0.25) is 0 Å². The van der Waals surface area contributed by atoms with E-state index in [9.17, 15) is 9.59 Å². The number of thiophene rings is 1. The van der Waals surface area contributed by atoms with Crippen LogP contribution in [0.1, 0.15) is 38.2 Å². The lowest BCUT2D eigenvalue weighted by molar-refractivity contribution is 0.0454. The number of aromatic nitrogens is 1. The molecule has 0 N–H and O–H groups in total. The van der Waals surface area contributed by atoms with E-state index in [2.05, 4.69) is 0 Å². The maximum Gasteiger partial charge on any atom is 0.420 e. The third-order valence-corrected chi connectivity index (χ3v) is 3.38. The SMILES string of the molecule is CCOC(=O)c1cc2ccsc2n1C(=O)OC(C)(C)C. The van der Waals surface area contributed by atoms with Gasteiger partial charge in [0.1, 0.15) is 16.1 Å². The second-order valence-electron chi connectivity index (χ2n) is 5.25. The Morgan fingerprint density at radius 1 is 1.35 bits per heavy atom. The molecule has 2 aromatic heterocycles. The van der Waals surface area contributed by atoms with Gasteiger partial charge >= 0.3 is 12.1 Å². The van der Waals surface area contributed by atoms with Crippen molar-refractivity contribution in [2.75, 3.05) is 6.61 Å². The molecule has 0 amide bonds. The maximum absolute atomic E-state index is 12.3. The van der Waals surface area contributed by atoms with Crippen LogP contribution in [-0.2, 0) is 9.47 Å². The van der Waals surface area contributed by atoms with Crippen LogP contribution in [0.4, 0.5) is 4.79 Å². The van der Waals surface area contributed by atoms with Crippen LogP contribution in [0.5, 0.6) is 0 Å².